The molecular weight excluding hydrogens is 346 g/mol. The summed E-state index contributed by atoms with van der Waals surface area (Å²) in [4.78, 5) is 4.42. The Bertz CT molecular complexity index is 646. The molecule has 1 aliphatic rings. The Hall–Kier alpha value is -1.73. The molecular formula is C15H18BrN5O. The zero-order valence-electron chi connectivity index (χ0n) is 12.3. The second kappa shape index (κ2) is 7.02. The monoisotopic (exact) mass is 363 g/mol. The third-order valence-corrected chi connectivity index (χ3v) is 4.11. The largest absolute Gasteiger partial charge is 0.376 e. The van der Waals surface area contributed by atoms with Gasteiger partial charge in [-0.3, -0.25) is 0 Å². The van der Waals surface area contributed by atoms with E-state index in [1.54, 1.807) is 6.20 Å². The second-order valence-corrected chi connectivity index (χ2v) is 6.14. The maximum atomic E-state index is 5.57. The number of halogens is 1. The van der Waals surface area contributed by atoms with Crippen LogP contribution in [0.15, 0.2) is 28.9 Å². The smallest absolute Gasteiger partial charge is 0.244 e. The molecule has 0 bridgehead atoms. The number of benzene rings is 1. The van der Waals surface area contributed by atoms with Crippen LogP contribution in [-0.4, -0.2) is 34.4 Å². The molecule has 1 unspecified atom stereocenters. The number of anilines is 3. The molecule has 1 fully saturated rings. The number of ether oxygens (including phenoxy) is 1. The van der Waals surface area contributed by atoms with Crippen molar-refractivity contribution in [2.45, 2.75) is 25.9 Å². The first kappa shape index (κ1) is 15.2. The quantitative estimate of drug-likeness (QED) is 0.849. The van der Waals surface area contributed by atoms with Gasteiger partial charge in [0.25, 0.3) is 0 Å². The fourth-order valence-electron chi connectivity index (χ4n) is 2.31. The molecule has 1 aromatic carbocycles. The Morgan fingerprint density at radius 3 is 3.09 bits per heavy atom. The van der Waals surface area contributed by atoms with Crippen molar-refractivity contribution in [1.29, 1.82) is 0 Å². The standard InChI is InChI=1S/C15H18BrN5O/c1-10-4-5-13(12(16)7-10)19-14-9-18-21-15(20-14)17-8-11-3-2-6-22-11/h4-5,7,9,11H,2-3,6,8H2,1H3,(H2,17,19,20,21). The summed E-state index contributed by atoms with van der Waals surface area (Å²) in [6, 6.07) is 6.09. The molecule has 116 valence electrons. The molecule has 1 aromatic heterocycles. The average molecular weight is 364 g/mol. The van der Waals surface area contributed by atoms with Crippen molar-refractivity contribution in [2.75, 3.05) is 23.8 Å². The summed E-state index contributed by atoms with van der Waals surface area (Å²) in [6.07, 6.45) is 4.04. The maximum Gasteiger partial charge on any atom is 0.244 e. The Morgan fingerprint density at radius 2 is 2.32 bits per heavy atom. The fraction of sp³-hybridized carbons (Fsp3) is 0.400. The first-order valence-corrected chi connectivity index (χ1v) is 8.08. The van der Waals surface area contributed by atoms with Crippen molar-refractivity contribution in [3.63, 3.8) is 0 Å². The molecule has 1 saturated heterocycles. The molecule has 2 N–H and O–H groups in total. The van der Waals surface area contributed by atoms with Gasteiger partial charge in [-0.2, -0.15) is 10.1 Å². The fourth-order valence-corrected chi connectivity index (χ4v) is 2.90. The van der Waals surface area contributed by atoms with Gasteiger partial charge >= 0.3 is 0 Å². The summed E-state index contributed by atoms with van der Waals surface area (Å²) in [5, 5.41) is 14.4. The van der Waals surface area contributed by atoms with Gasteiger partial charge in [-0.05, 0) is 53.4 Å². The summed E-state index contributed by atoms with van der Waals surface area (Å²) in [7, 11) is 0. The molecule has 2 aromatic rings. The van der Waals surface area contributed by atoms with E-state index in [4.69, 9.17) is 4.74 Å². The number of hydrogen-bond donors (Lipinski definition) is 2. The minimum atomic E-state index is 0.242. The molecule has 6 nitrogen and oxygen atoms in total. The molecule has 0 amide bonds. The van der Waals surface area contributed by atoms with Crippen LogP contribution < -0.4 is 10.6 Å². The summed E-state index contributed by atoms with van der Waals surface area (Å²) >= 11 is 3.54. The molecule has 0 radical (unpaired) electrons. The zero-order chi connectivity index (χ0) is 15.4. The van der Waals surface area contributed by atoms with Crippen molar-refractivity contribution in [2.24, 2.45) is 0 Å². The van der Waals surface area contributed by atoms with Crippen molar-refractivity contribution < 1.29 is 4.74 Å². The average Bonchev–Trinajstić information content (AvgIpc) is 3.02. The van der Waals surface area contributed by atoms with E-state index in [1.807, 2.05) is 25.1 Å². The third kappa shape index (κ3) is 3.92. The molecule has 2 heterocycles. The lowest BCUT2D eigenvalue weighted by molar-refractivity contribution is 0.120. The van der Waals surface area contributed by atoms with Crippen LogP contribution in [0.4, 0.5) is 17.5 Å². The van der Waals surface area contributed by atoms with E-state index in [2.05, 4.69) is 41.7 Å². The number of nitrogens with one attached hydrogen (secondary N) is 2. The highest BCUT2D eigenvalue weighted by Crippen LogP contribution is 2.26. The first-order chi connectivity index (χ1) is 10.7. The molecule has 7 heteroatoms. The highest BCUT2D eigenvalue weighted by molar-refractivity contribution is 9.10. The normalized spacial score (nSPS) is 17.5. The summed E-state index contributed by atoms with van der Waals surface area (Å²) in [5.74, 6) is 1.15. The Kier molecular flexibility index (Phi) is 4.84. The molecule has 22 heavy (non-hydrogen) atoms. The Labute approximate surface area is 137 Å². The van der Waals surface area contributed by atoms with Crippen LogP contribution in [0.5, 0.6) is 0 Å². The SMILES string of the molecule is Cc1ccc(Nc2cnnc(NCC3CCCO3)n2)c(Br)c1. The highest BCUT2D eigenvalue weighted by atomic mass is 79.9. The minimum absolute atomic E-state index is 0.242. The molecule has 3 rings (SSSR count). The number of aryl methyl sites for hydroxylation is 1. The molecule has 1 atom stereocenters. The predicted octanol–water partition coefficient (Wildman–Crippen LogP) is 3.28. The van der Waals surface area contributed by atoms with E-state index in [9.17, 15) is 0 Å². The number of nitrogens with zero attached hydrogens (tertiary/aromatic N) is 3. The van der Waals surface area contributed by atoms with Crippen molar-refractivity contribution >= 4 is 33.4 Å². The van der Waals surface area contributed by atoms with Crippen molar-refractivity contribution in [1.82, 2.24) is 15.2 Å². The first-order valence-electron chi connectivity index (χ1n) is 7.29. The van der Waals surface area contributed by atoms with Crippen LogP contribution in [0.3, 0.4) is 0 Å². The molecule has 0 spiro atoms. The number of rotatable bonds is 5. The van der Waals surface area contributed by atoms with Gasteiger partial charge in [-0.1, -0.05) is 6.07 Å². The van der Waals surface area contributed by atoms with Gasteiger partial charge in [0.05, 0.1) is 18.0 Å². The van der Waals surface area contributed by atoms with Gasteiger partial charge < -0.3 is 15.4 Å². The molecule has 0 saturated carbocycles. The minimum Gasteiger partial charge on any atom is -0.376 e. The van der Waals surface area contributed by atoms with Crippen LogP contribution in [-0.2, 0) is 4.74 Å². The van der Waals surface area contributed by atoms with Crippen molar-refractivity contribution in [3.05, 3.63) is 34.4 Å². The second-order valence-electron chi connectivity index (χ2n) is 5.29. The Morgan fingerprint density at radius 1 is 1.41 bits per heavy atom. The van der Waals surface area contributed by atoms with Gasteiger partial charge in [0.1, 0.15) is 0 Å². The van der Waals surface area contributed by atoms with Gasteiger partial charge in [0, 0.05) is 17.6 Å². The number of hydrogen-bond acceptors (Lipinski definition) is 6. The molecule has 1 aliphatic heterocycles. The summed E-state index contributed by atoms with van der Waals surface area (Å²) < 4.78 is 6.55. The van der Waals surface area contributed by atoms with E-state index in [-0.39, 0.29) is 6.10 Å². The molecule has 0 aliphatic carbocycles. The van der Waals surface area contributed by atoms with Crippen LogP contribution >= 0.6 is 15.9 Å². The van der Waals surface area contributed by atoms with Crippen molar-refractivity contribution in [3.8, 4) is 0 Å². The highest BCUT2D eigenvalue weighted by Gasteiger charge is 2.15. The maximum absolute atomic E-state index is 5.57. The van der Waals surface area contributed by atoms with Crippen LogP contribution in [0.1, 0.15) is 18.4 Å². The van der Waals surface area contributed by atoms with Gasteiger partial charge in [0.2, 0.25) is 5.95 Å². The van der Waals surface area contributed by atoms with E-state index >= 15 is 0 Å². The summed E-state index contributed by atoms with van der Waals surface area (Å²) in [6.45, 7) is 3.60. The lowest BCUT2D eigenvalue weighted by Gasteiger charge is -2.11. The van der Waals surface area contributed by atoms with Gasteiger partial charge in [-0.15, -0.1) is 5.10 Å². The van der Waals surface area contributed by atoms with Crippen LogP contribution in [0, 0.1) is 6.92 Å². The zero-order valence-corrected chi connectivity index (χ0v) is 13.9. The van der Waals surface area contributed by atoms with Gasteiger partial charge in [0.15, 0.2) is 5.82 Å². The lowest BCUT2D eigenvalue weighted by Crippen LogP contribution is -2.20. The van der Waals surface area contributed by atoms with Crippen LogP contribution in [0.25, 0.3) is 0 Å². The van der Waals surface area contributed by atoms with E-state index < -0.39 is 0 Å². The van der Waals surface area contributed by atoms with E-state index in [0.29, 0.717) is 18.3 Å². The summed E-state index contributed by atoms with van der Waals surface area (Å²) in [5.41, 5.74) is 2.13. The third-order valence-electron chi connectivity index (χ3n) is 3.46. The van der Waals surface area contributed by atoms with Crippen LogP contribution in [0.2, 0.25) is 0 Å². The number of aromatic nitrogens is 3. The lowest BCUT2D eigenvalue weighted by atomic mass is 10.2. The van der Waals surface area contributed by atoms with Gasteiger partial charge in [-0.25, -0.2) is 0 Å². The topological polar surface area (TPSA) is 72.0 Å². The van der Waals surface area contributed by atoms with E-state index in [1.165, 1.54) is 5.56 Å². The van der Waals surface area contributed by atoms with E-state index in [0.717, 1.165) is 29.6 Å². The predicted molar refractivity (Wildman–Crippen MR) is 89.5 cm³/mol. The Balaban J connectivity index is 1.65.